The number of hydrogen-bond acceptors (Lipinski definition) is 3. The van der Waals surface area contributed by atoms with Gasteiger partial charge in [-0.2, -0.15) is 26.3 Å². The van der Waals surface area contributed by atoms with Crippen LogP contribution in [0, 0.1) is 0 Å². The fraction of sp³-hybridized carbons (Fsp3) is 0.727. The van der Waals surface area contributed by atoms with Gasteiger partial charge in [0.25, 0.3) is 0 Å². The molecule has 0 bridgehead atoms. The molecule has 0 spiro atoms. The number of aliphatic hydroxyl groups excluding tert-OH is 1. The molecule has 1 aromatic carbocycles. The Morgan fingerprint density at radius 2 is 1.66 bits per heavy atom. The number of hydrogen-bond donors (Lipinski definition) is 1. The number of unbranched alkanes of at least 4 members (excludes halogenated alkanes) is 2. The van der Waals surface area contributed by atoms with E-state index in [2.05, 4.69) is 4.90 Å². The van der Waals surface area contributed by atoms with E-state index in [4.69, 9.17) is 9.84 Å². The molecule has 0 aromatic heterocycles. The smallest absolute Gasteiger partial charge is 0.366 e. The highest BCUT2D eigenvalue weighted by atomic mass is 19.4. The number of epoxide rings is 1. The van der Waals surface area contributed by atoms with Crippen LogP contribution in [-0.4, -0.2) is 53.9 Å². The van der Waals surface area contributed by atoms with Crippen LogP contribution in [0.4, 0.5) is 30.7 Å². The SMILES string of the molecule is OC1OC1CCCCCN1CC[C@H]2c3ccc(C(F)(C(F)(F)F)C(F)(F)F)cc3CC[C@H]21. The number of alkyl halides is 7. The van der Waals surface area contributed by atoms with Gasteiger partial charge in [0.1, 0.15) is 6.10 Å². The average molecular weight is 469 g/mol. The predicted octanol–water partition coefficient (Wildman–Crippen LogP) is 5.36. The topological polar surface area (TPSA) is 36.0 Å². The van der Waals surface area contributed by atoms with Crippen LogP contribution in [-0.2, 0) is 16.8 Å². The zero-order valence-corrected chi connectivity index (χ0v) is 17.4. The Balaban J connectivity index is 1.42. The lowest BCUT2D eigenvalue weighted by Crippen LogP contribution is -2.50. The van der Waals surface area contributed by atoms with Crippen LogP contribution < -0.4 is 0 Å². The first-order valence-corrected chi connectivity index (χ1v) is 11.0. The standard InChI is InChI=1S/C22H26F7NO2/c23-20(21(24,25)26,22(27,28)29)14-6-7-15-13(12-14)5-8-17-16(15)9-11-30(17)10-3-1-2-4-18-19(31)32-18/h6-7,12,16-19,31H,1-5,8-11H2/t16-,17+,18?,19?/m0/s1. The van der Waals surface area contributed by atoms with E-state index in [-0.39, 0.29) is 18.1 Å². The molecular formula is C22H26F7NO2. The van der Waals surface area contributed by atoms with Gasteiger partial charge in [-0.05, 0) is 56.3 Å². The zero-order valence-electron chi connectivity index (χ0n) is 17.4. The van der Waals surface area contributed by atoms with Crippen molar-refractivity contribution in [1.29, 1.82) is 0 Å². The summed E-state index contributed by atoms with van der Waals surface area (Å²) in [6.45, 7) is 1.69. The first kappa shape index (κ1) is 23.8. The summed E-state index contributed by atoms with van der Waals surface area (Å²) in [4.78, 5) is 2.34. The van der Waals surface area contributed by atoms with Gasteiger partial charge < -0.3 is 9.84 Å². The molecule has 2 unspecified atom stereocenters. The Hall–Kier alpha value is -1.39. The second-order valence-electron chi connectivity index (χ2n) is 9.02. The molecule has 32 heavy (non-hydrogen) atoms. The molecule has 2 fully saturated rings. The van der Waals surface area contributed by atoms with Gasteiger partial charge in [0, 0.05) is 17.5 Å². The fourth-order valence-electron chi connectivity index (χ4n) is 5.31. The van der Waals surface area contributed by atoms with Crippen molar-refractivity contribution >= 4 is 0 Å². The minimum Gasteiger partial charge on any atom is -0.366 e. The fourth-order valence-corrected chi connectivity index (χ4v) is 5.31. The summed E-state index contributed by atoms with van der Waals surface area (Å²) < 4.78 is 98.0. The summed E-state index contributed by atoms with van der Waals surface area (Å²) in [5, 5.41) is 9.14. The van der Waals surface area contributed by atoms with Crippen molar-refractivity contribution in [1.82, 2.24) is 4.90 Å². The minimum absolute atomic E-state index is 0.0357. The quantitative estimate of drug-likeness (QED) is 0.332. The number of aliphatic hydroxyl groups is 1. The van der Waals surface area contributed by atoms with Crippen LogP contribution in [0.15, 0.2) is 18.2 Å². The third-order valence-corrected chi connectivity index (χ3v) is 7.08. The molecule has 0 saturated carbocycles. The summed E-state index contributed by atoms with van der Waals surface area (Å²) in [6, 6.07) is 2.88. The molecular weight excluding hydrogens is 443 g/mol. The normalized spacial score (nSPS) is 28.5. The third-order valence-electron chi connectivity index (χ3n) is 7.08. The second-order valence-corrected chi connectivity index (χ2v) is 9.02. The van der Waals surface area contributed by atoms with Crippen LogP contribution in [0.2, 0.25) is 0 Å². The lowest BCUT2D eigenvalue weighted by molar-refractivity contribution is -0.348. The van der Waals surface area contributed by atoms with Gasteiger partial charge >= 0.3 is 18.0 Å². The Labute approximate surface area is 181 Å². The maximum atomic E-state index is 14.4. The van der Waals surface area contributed by atoms with E-state index in [0.717, 1.165) is 56.8 Å². The van der Waals surface area contributed by atoms with E-state index in [1.54, 1.807) is 0 Å². The van der Waals surface area contributed by atoms with Crippen molar-refractivity contribution in [3.8, 4) is 0 Å². The van der Waals surface area contributed by atoms with E-state index in [1.807, 2.05) is 0 Å². The number of benzene rings is 1. The van der Waals surface area contributed by atoms with Crippen LogP contribution in [0.3, 0.4) is 0 Å². The maximum absolute atomic E-state index is 14.4. The highest BCUT2D eigenvalue weighted by Gasteiger charge is 2.73. The number of aryl methyl sites for hydroxylation is 1. The number of ether oxygens (including phenoxy) is 1. The van der Waals surface area contributed by atoms with Gasteiger partial charge in [-0.3, -0.25) is 4.90 Å². The highest BCUT2D eigenvalue weighted by molar-refractivity contribution is 5.41. The zero-order chi connectivity index (χ0) is 23.3. The molecule has 180 valence electrons. The van der Waals surface area contributed by atoms with E-state index in [1.165, 1.54) is 6.07 Å². The van der Waals surface area contributed by atoms with Crippen molar-refractivity contribution in [3.63, 3.8) is 0 Å². The Kier molecular flexibility index (Phi) is 6.26. The predicted molar refractivity (Wildman–Crippen MR) is 102 cm³/mol. The summed E-state index contributed by atoms with van der Waals surface area (Å²) >= 11 is 0. The molecule has 3 aliphatic rings. The summed E-state index contributed by atoms with van der Waals surface area (Å²) in [6.07, 6.45) is -7.37. The molecule has 2 saturated heterocycles. The minimum atomic E-state index is -6.09. The Morgan fingerprint density at radius 3 is 2.28 bits per heavy atom. The molecule has 1 N–H and O–H groups in total. The van der Waals surface area contributed by atoms with Crippen molar-refractivity contribution in [3.05, 3.63) is 34.9 Å². The van der Waals surface area contributed by atoms with Crippen molar-refractivity contribution < 1.29 is 40.6 Å². The van der Waals surface area contributed by atoms with E-state index < -0.39 is 29.9 Å². The second kappa shape index (κ2) is 8.43. The largest absolute Gasteiger partial charge is 0.435 e. The van der Waals surface area contributed by atoms with Crippen molar-refractivity contribution in [2.45, 2.75) is 87.3 Å². The Morgan fingerprint density at radius 1 is 0.969 bits per heavy atom. The molecule has 4 rings (SSSR count). The highest BCUT2D eigenvalue weighted by Crippen LogP contribution is 2.54. The van der Waals surface area contributed by atoms with Crippen LogP contribution in [0.1, 0.15) is 61.1 Å². The molecule has 2 aliphatic heterocycles. The van der Waals surface area contributed by atoms with Crippen LogP contribution >= 0.6 is 0 Å². The number of likely N-dealkylation sites (tertiary alicyclic amines) is 1. The molecule has 1 aliphatic carbocycles. The summed E-state index contributed by atoms with van der Waals surface area (Å²) in [7, 11) is 0. The molecule has 2 heterocycles. The monoisotopic (exact) mass is 469 g/mol. The summed E-state index contributed by atoms with van der Waals surface area (Å²) in [5.74, 6) is 0.0357. The molecule has 0 radical (unpaired) electrons. The van der Waals surface area contributed by atoms with E-state index >= 15 is 0 Å². The van der Waals surface area contributed by atoms with Crippen LogP contribution in [0.25, 0.3) is 0 Å². The van der Waals surface area contributed by atoms with Gasteiger partial charge in [0.15, 0.2) is 6.29 Å². The van der Waals surface area contributed by atoms with Gasteiger partial charge in [-0.25, -0.2) is 4.39 Å². The molecule has 10 heteroatoms. The van der Waals surface area contributed by atoms with Crippen LogP contribution in [0.5, 0.6) is 0 Å². The first-order chi connectivity index (χ1) is 14.9. The lowest BCUT2D eigenvalue weighted by Gasteiger charge is -2.35. The van der Waals surface area contributed by atoms with Gasteiger partial charge in [0.2, 0.25) is 0 Å². The average Bonchev–Trinajstić information content (AvgIpc) is 3.25. The molecule has 0 amide bonds. The molecule has 1 aromatic rings. The first-order valence-electron chi connectivity index (χ1n) is 11.0. The lowest BCUT2D eigenvalue weighted by atomic mass is 9.77. The molecule has 3 nitrogen and oxygen atoms in total. The summed E-state index contributed by atoms with van der Waals surface area (Å²) in [5.41, 5.74) is -5.66. The maximum Gasteiger partial charge on any atom is 0.435 e. The Bertz CT molecular complexity index is 811. The number of fused-ring (bicyclic) bond motifs is 3. The number of halogens is 7. The number of rotatable bonds is 7. The molecule has 4 atom stereocenters. The number of nitrogens with zero attached hydrogens (tertiary/aromatic N) is 1. The van der Waals surface area contributed by atoms with E-state index in [0.29, 0.717) is 24.5 Å². The van der Waals surface area contributed by atoms with Crippen molar-refractivity contribution in [2.24, 2.45) is 0 Å². The third kappa shape index (κ3) is 4.25. The van der Waals surface area contributed by atoms with Gasteiger partial charge in [-0.1, -0.05) is 31.0 Å². The van der Waals surface area contributed by atoms with Gasteiger partial charge in [0.05, 0.1) is 0 Å². The van der Waals surface area contributed by atoms with Gasteiger partial charge in [-0.15, -0.1) is 0 Å². The van der Waals surface area contributed by atoms with Crippen molar-refractivity contribution in [2.75, 3.05) is 13.1 Å². The van der Waals surface area contributed by atoms with E-state index in [9.17, 15) is 30.7 Å².